The Balaban J connectivity index is 1.58. The summed E-state index contributed by atoms with van der Waals surface area (Å²) in [6.45, 7) is 5.41. The minimum atomic E-state index is -0.0754. The lowest BCUT2D eigenvalue weighted by Crippen LogP contribution is -2.26. The van der Waals surface area contributed by atoms with Crippen LogP contribution in [0.1, 0.15) is 35.1 Å². The number of fused-ring (bicyclic) bond motifs is 1. The second-order valence-corrected chi connectivity index (χ2v) is 5.57. The number of nitrogens with one attached hydrogen (secondary N) is 1. The van der Waals surface area contributed by atoms with E-state index >= 15 is 0 Å². The van der Waals surface area contributed by atoms with Crippen LogP contribution in [0, 0.1) is 6.92 Å². The molecule has 0 aliphatic carbocycles. The van der Waals surface area contributed by atoms with Crippen molar-refractivity contribution in [1.82, 2.24) is 24.5 Å². The fourth-order valence-electron chi connectivity index (χ4n) is 2.61. The van der Waals surface area contributed by atoms with E-state index < -0.39 is 0 Å². The average molecular weight is 311 g/mol. The zero-order chi connectivity index (χ0) is 16.2. The molecule has 120 valence electrons. The van der Waals surface area contributed by atoms with Crippen molar-refractivity contribution in [1.29, 1.82) is 0 Å². The van der Waals surface area contributed by atoms with Crippen molar-refractivity contribution in [3.8, 4) is 0 Å². The number of carbonyl (C=O) groups excluding carboxylic acids is 1. The monoisotopic (exact) mass is 311 g/mol. The molecule has 3 aromatic heterocycles. The Morgan fingerprint density at radius 1 is 1.35 bits per heavy atom. The van der Waals surface area contributed by atoms with Gasteiger partial charge in [0.2, 0.25) is 0 Å². The van der Waals surface area contributed by atoms with Gasteiger partial charge in [-0.25, -0.2) is 4.98 Å². The van der Waals surface area contributed by atoms with Crippen molar-refractivity contribution in [2.75, 3.05) is 6.54 Å². The Morgan fingerprint density at radius 3 is 3.00 bits per heavy atom. The largest absolute Gasteiger partial charge is 0.352 e. The van der Waals surface area contributed by atoms with Gasteiger partial charge in [-0.05, 0) is 25.5 Å². The van der Waals surface area contributed by atoms with E-state index in [9.17, 15) is 4.79 Å². The van der Waals surface area contributed by atoms with Gasteiger partial charge in [-0.3, -0.25) is 9.48 Å². The highest BCUT2D eigenvalue weighted by Crippen LogP contribution is 2.08. The summed E-state index contributed by atoms with van der Waals surface area (Å²) >= 11 is 0. The van der Waals surface area contributed by atoms with Crippen LogP contribution >= 0.6 is 0 Å². The second kappa shape index (κ2) is 6.64. The number of hydrogen-bond donors (Lipinski definition) is 1. The third kappa shape index (κ3) is 3.26. The van der Waals surface area contributed by atoms with Crippen LogP contribution in [0.25, 0.3) is 5.65 Å². The predicted molar refractivity (Wildman–Crippen MR) is 88.5 cm³/mol. The number of imidazole rings is 1. The summed E-state index contributed by atoms with van der Waals surface area (Å²) in [5, 5.41) is 7.21. The van der Waals surface area contributed by atoms with Gasteiger partial charge in [-0.15, -0.1) is 0 Å². The number of rotatable bonds is 6. The minimum absolute atomic E-state index is 0.0754. The number of pyridine rings is 1. The Kier molecular flexibility index (Phi) is 4.41. The molecule has 0 aliphatic rings. The van der Waals surface area contributed by atoms with E-state index in [0.717, 1.165) is 30.0 Å². The lowest BCUT2D eigenvalue weighted by atomic mass is 10.2. The van der Waals surface area contributed by atoms with Crippen LogP contribution in [-0.4, -0.2) is 31.6 Å². The lowest BCUT2D eigenvalue weighted by molar-refractivity contribution is 0.0953. The lowest BCUT2D eigenvalue weighted by Gasteiger charge is -2.05. The molecule has 3 rings (SSSR count). The van der Waals surface area contributed by atoms with Gasteiger partial charge in [-0.2, -0.15) is 5.10 Å². The van der Waals surface area contributed by atoms with Crippen LogP contribution in [0.3, 0.4) is 0 Å². The van der Waals surface area contributed by atoms with E-state index in [-0.39, 0.29) is 5.91 Å². The summed E-state index contributed by atoms with van der Waals surface area (Å²) in [6, 6.07) is 5.90. The van der Waals surface area contributed by atoms with E-state index in [1.807, 2.05) is 46.6 Å². The van der Waals surface area contributed by atoms with Crippen LogP contribution in [0.15, 0.2) is 36.8 Å². The maximum absolute atomic E-state index is 12.3. The summed E-state index contributed by atoms with van der Waals surface area (Å²) in [5.74, 6) is -0.0754. The van der Waals surface area contributed by atoms with Gasteiger partial charge >= 0.3 is 0 Å². The smallest absolute Gasteiger partial charge is 0.254 e. The standard InChI is InChI=1S/C17H21N5O/c1-3-9-22-13(2)15(11-19-22)17(23)18-8-7-14-12-21-10-5-4-6-16(21)20-14/h4-6,10-12H,3,7-9H2,1-2H3,(H,18,23). The molecule has 6 heteroatoms. The number of carbonyl (C=O) groups is 1. The molecule has 0 saturated carbocycles. The summed E-state index contributed by atoms with van der Waals surface area (Å²) in [5.41, 5.74) is 3.45. The normalized spacial score (nSPS) is 11.0. The van der Waals surface area contributed by atoms with Crippen LogP contribution < -0.4 is 5.32 Å². The first-order valence-electron chi connectivity index (χ1n) is 7.92. The zero-order valence-electron chi connectivity index (χ0n) is 13.5. The molecule has 0 fully saturated rings. The Hall–Kier alpha value is -2.63. The van der Waals surface area contributed by atoms with Gasteiger partial charge < -0.3 is 9.72 Å². The molecule has 1 N–H and O–H groups in total. The van der Waals surface area contributed by atoms with E-state index in [2.05, 4.69) is 22.3 Å². The second-order valence-electron chi connectivity index (χ2n) is 5.57. The first-order chi connectivity index (χ1) is 11.2. The van der Waals surface area contributed by atoms with Gasteiger partial charge in [0.25, 0.3) is 5.91 Å². The number of aryl methyl sites for hydroxylation is 1. The van der Waals surface area contributed by atoms with Gasteiger partial charge in [-0.1, -0.05) is 13.0 Å². The molecule has 23 heavy (non-hydrogen) atoms. The van der Waals surface area contributed by atoms with Crippen molar-refractivity contribution < 1.29 is 4.79 Å². The van der Waals surface area contributed by atoms with Crippen LogP contribution in [-0.2, 0) is 13.0 Å². The number of amides is 1. The number of nitrogens with zero attached hydrogens (tertiary/aromatic N) is 4. The molecule has 1 amide bonds. The van der Waals surface area contributed by atoms with E-state index in [1.54, 1.807) is 6.20 Å². The Bertz CT molecular complexity index is 784. The van der Waals surface area contributed by atoms with Crippen LogP contribution in [0.4, 0.5) is 0 Å². The quantitative estimate of drug-likeness (QED) is 0.759. The van der Waals surface area contributed by atoms with E-state index in [1.165, 1.54) is 0 Å². The van der Waals surface area contributed by atoms with Gasteiger partial charge in [0.15, 0.2) is 0 Å². The first kappa shape index (κ1) is 15.3. The number of aromatic nitrogens is 4. The summed E-state index contributed by atoms with van der Waals surface area (Å²) in [4.78, 5) is 16.8. The van der Waals surface area contributed by atoms with Gasteiger partial charge in [0, 0.05) is 37.6 Å². The van der Waals surface area contributed by atoms with E-state index in [0.29, 0.717) is 18.5 Å². The summed E-state index contributed by atoms with van der Waals surface area (Å²) in [7, 11) is 0. The third-order valence-corrected chi connectivity index (χ3v) is 3.86. The molecule has 0 atom stereocenters. The molecule has 0 saturated heterocycles. The Labute approximate surface area is 135 Å². The third-order valence-electron chi connectivity index (χ3n) is 3.86. The molecule has 0 bridgehead atoms. The molecule has 0 spiro atoms. The van der Waals surface area contributed by atoms with Gasteiger partial charge in [0.05, 0.1) is 17.5 Å². The predicted octanol–water partition coefficient (Wildman–Crippen LogP) is 2.22. The van der Waals surface area contributed by atoms with Crippen molar-refractivity contribution in [2.45, 2.75) is 33.2 Å². The van der Waals surface area contributed by atoms with Crippen LogP contribution in [0.5, 0.6) is 0 Å². The maximum Gasteiger partial charge on any atom is 0.254 e. The zero-order valence-corrected chi connectivity index (χ0v) is 13.5. The highest BCUT2D eigenvalue weighted by molar-refractivity contribution is 5.95. The van der Waals surface area contributed by atoms with Crippen molar-refractivity contribution in [3.63, 3.8) is 0 Å². The van der Waals surface area contributed by atoms with Crippen molar-refractivity contribution in [2.24, 2.45) is 0 Å². The molecular formula is C17H21N5O. The molecule has 0 aliphatic heterocycles. The summed E-state index contributed by atoms with van der Waals surface area (Å²) < 4.78 is 3.85. The highest BCUT2D eigenvalue weighted by Gasteiger charge is 2.13. The fraction of sp³-hybridized carbons (Fsp3) is 0.353. The van der Waals surface area contributed by atoms with E-state index in [4.69, 9.17) is 0 Å². The molecular weight excluding hydrogens is 290 g/mol. The SMILES string of the molecule is CCCn1ncc(C(=O)NCCc2cn3ccccc3n2)c1C. The van der Waals surface area contributed by atoms with Gasteiger partial charge in [0.1, 0.15) is 5.65 Å². The molecule has 3 heterocycles. The fourth-order valence-corrected chi connectivity index (χ4v) is 2.61. The van der Waals surface area contributed by atoms with Crippen molar-refractivity contribution >= 4 is 11.6 Å². The molecule has 6 nitrogen and oxygen atoms in total. The average Bonchev–Trinajstić information content (AvgIpc) is 3.11. The van der Waals surface area contributed by atoms with Crippen molar-refractivity contribution in [3.05, 3.63) is 53.7 Å². The minimum Gasteiger partial charge on any atom is -0.352 e. The first-order valence-corrected chi connectivity index (χ1v) is 7.92. The molecule has 3 aromatic rings. The highest BCUT2D eigenvalue weighted by atomic mass is 16.1. The molecule has 0 aromatic carbocycles. The molecule has 0 radical (unpaired) electrons. The topological polar surface area (TPSA) is 64.2 Å². The van der Waals surface area contributed by atoms with Crippen LogP contribution in [0.2, 0.25) is 0 Å². The maximum atomic E-state index is 12.3. The number of hydrogen-bond acceptors (Lipinski definition) is 3. The molecule has 0 unspecified atom stereocenters. The Morgan fingerprint density at radius 2 is 2.22 bits per heavy atom. The summed E-state index contributed by atoms with van der Waals surface area (Å²) in [6.07, 6.45) is 7.31.